The average molecular weight is 298 g/mol. The van der Waals surface area contributed by atoms with E-state index in [-0.39, 0.29) is 0 Å². The van der Waals surface area contributed by atoms with Gasteiger partial charge in [0.1, 0.15) is 0 Å². The molecule has 1 aromatic carbocycles. The highest BCUT2D eigenvalue weighted by Gasteiger charge is 2.14. The molecular formula is C15H24BrN. The average Bonchev–Trinajstić information content (AvgIpc) is 2.35. The summed E-state index contributed by atoms with van der Waals surface area (Å²) in [6.07, 6.45) is 3.75. The highest BCUT2D eigenvalue weighted by molar-refractivity contribution is 9.10. The minimum absolute atomic E-state index is 0.469. The Labute approximate surface area is 114 Å². The Hall–Kier alpha value is -0.340. The lowest BCUT2D eigenvalue weighted by molar-refractivity contribution is 0.385. The Kier molecular flexibility index (Phi) is 6.21. The lowest BCUT2D eigenvalue weighted by Gasteiger charge is -2.22. The van der Waals surface area contributed by atoms with Crippen LogP contribution in [0, 0.1) is 12.8 Å². The van der Waals surface area contributed by atoms with Crippen molar-refractivity contribution >= 4 is 15.9 Å². The summed E-state index contributed by atoms with van der Waals surface area (Å²) < 4.78 is 1.21. The van der Waals surface area contributed by atoms with Gasteiger partial charge in [0.2, 0.25) is 0 Å². The van der Waals surface area contributed by atoms with Crippen LogP contribution in [-0.4, -0.2) is 7.05 Å². The summed E-state index contributed by atoms with van der Waals surface area (Å²) in [6, 6.07) is 7.15. The molecule has 1 unspecified atom stereocenters. The number of hydrogen-bond donors (Lipinski definition) is 1. The number of nitrogens with one attached hydrogen (secondary N) is 1. The fraction of sp³-hybridized carbons (Fsp3) is 0.600. The number of hydrogen-bond acceptors (Lipinski definition) is 1. The zero-order valence-electron chi connectivity index (χ0n) is 11.4. The zero-order valence-corrected chi connectivity index (χ0v) is 13.0. The van der Waals surface area contributed by atoms with E-state index in [4.69, 9.17) is 0 Å². The Morgan fingerprint density at radius 1 is 1.24 bits per heavy atom. The maximum absolute atomic E-state index is 3.62. The summed E-state index contributed by atoms with van der Waals surface area (Å²) >= 11 is 3.62. The Balaban J connectivity index is 2.82. The molecule has 0 aliphatic carbocycles. The lowest BCUT2D eigenvalue weighted by Crippen LogP contribution is -2.19. The monoisotopic (exact) mass is 297 g/mol. The van der Waals surface area contributed by atoms with Crippen LogP contribution in [0.5, 0.6) is 0 Å². The molecule has 0 aromatic heterocycles. The van der Waals surface area contributed by atoms with Gasteiger partial charge in [0.05, 0.1) is 0 Å². The second-order valence-electron chi connectivity index (χ2n) is 4.77. The van der Waals surface area contributed by atoms with Crippen molar-refractivity contribution in [1.29, 1.82) is 0 Å². The van der Waals surface area contributed by atoms with Crippen molar-refractivity contribution in [1.82, 2.24) is 5.32 Å². The van der Waals surface area contributed by atoms with Gasteiger partial charge in [-0.05, 0) is 43.5 Å². The van der Waals surface area contributed by atoms with E-state index in [1.165, 1.54) is 34.9 Å². The molecule has 0 aliphatic heterocycles. The zero-order chi connectivity index (χ0) is 12.8. The Bertz CT molecular complexity index is 345. The van der Waals surface area contributed by atoms with E-state index in [1.54, 1.807) is 0 Å². The van der Waals surface area contributed by atoms with E-state index in [2.05, 4.69) is 67.3 Å². The first-order valence-electron chi connectivity index (χ1n) is 6.55. The lowest BCUT2D eigenvalue weighted by atomic mass is 9.91. The van der Waals surface area contributed by atoms with E-state index in [1.807, 2.05) is 0 Å². The topological polar surface area (TPSA) is 12.0 Å². The molecule has 0 aliphatic rings. The predicted octanol–water partition coefficient (Wildman–Crippen LogP) is 4.84. The van der Waals surface area contributed by atoms with E-state index in [9.17, 15) is 0 Å². The molecule has 0 bridgehead atoms. The second kappa shape index (κ2) is 7.17. The van der Waals surface area contributed by atoms with Crippen molar-refractivity contribution in [2.45, 2.75) is 46.1 Å². The smallest absolute Gasteiger partial charge is 0.0320 e. The first kappa shape index (κ1) is 14.7. The van der Waals surface area contributed by atoms with Crippen molar-refractivity contribution in [3.63, 3.8) is 0 Å². The molecule has 1 aromatic rings. The van der Waals surface area contributed by atoms with E-state index >= 15 is 0 Å². The van der Waals surface area contributed by atoms with Crippen molar-refractivity contribution in [3.05, 3.63) is 33.8 Å². The van der Waals surface area contributed by atoms with Gasteiger partial charge in [-0.2, -0.15) is 0 Å². The van der Waals surface area contributed by atoms with Crippen LogP contribution in [0.1, 0.15) is 50.3 Å². The van der Waals surface area contributed by atoms with Crippen molar-refractivity contribution in [3.8, 4) is 0 Å². The summed E-state index contributed by atoms with van der Waals surface area (Å²) in [6.45, 7) is 6.70. The van der Waals surface area contributed by atoms with Crippen LogP contribution in [0.4, 0.5) is 0 Å². The minimum Gasteiger partial charge on any atom is -0.313 e. The molecule has 96 valence electrons. The SMILES string of the molecule is CCC(CC)CC(NC)c1ccc(C)c(Br)c1. The van der Waals surface area contributed by atoms with Crippen molar-refractivity contribution in [2.24, 2.45) is 5.92 Å². The third-order valence-electron chi connectivity index (χ3n) is 3.67. The summed E-state index contributed by atoms with van der Waals surface area (Å²) in [5.74, 6) is 0.813. The molecule has 1 N–H and O–H groups in total. The van der Waals surface area contributed by atoms with Gasteiger partial charge < -0.3 is 5.32 Å². The van der Waals surface area contributed by atoms with Gasteiger partial charge in [-0.25, -0.2) is 0 Å². The molecule has 1 nitrogen and oxygen atoms in total. The summed E-state index contributed by atoms with van der Waals surface area (Å²) in [5.41, 5.74) is 2.68. The van der Waals surface area contributed by atoms with Gasteiger partial charge in [0.25, 0.3) is 0 Å². The van der Waals surface area contributed by atoms with Crippen LogP contribution in [0.15, 0.2) is 22.7 Å². The molecule has 1 rings (SSSR count). The van der Waals surface area contributed by atoms with Gasteiger partial charge in [-0.15, -0.1) is 0 Å². The first-order chi connectivity index (χ1) is 8.12. The van der Waals surface area contributed by atoms with Gasteiger partial charge in [0, 0.05) is 10.5 Å². The van der Waals surface area contributed by atoms with Gasteiger partial charge in [-0.1, -0.05) is 54.8 Å². The molecule has 0 amide bonds. The quantitative estimate of drug-likeness (QED) is 0.792. The third-order valence-corrected chi connectivity index (χ3v) is 4.52. The van der Waals surface area contributed by atoms with Crippen LogP contribution < -0.4 is 5.32 Å². The molecular weight excluding hydrogens is 274 g/mol. The van der Waals surface area contributed by atoms with E-state index in [0.717, 1.165) is 5.92 Å². The van der Waals surface area contributed by atoms with E-state index in [0.29, 0.717) is 6.04 Å². The molecule has 0 radical (unpaired) electrons. The molecule has 0 saturated carbocycles. The fourth-order valence-electron chi connectivity index (χ4n) is 2.20. The first-order valence-corrected chi connectivity index (χ1v) is 7.34. The second-order valence-corrected chi connectivity index (χ2v) is 5.62. The van der Waals surface area contributed by atoms with Crippen LogP contribution in [0.2, 0.25) is 0 Å². The van der Waals surface area contributed by atoms with E-state index < -0.39 is 0 Å². The largest absolute Gasteiger partial charge is 0.313 e. The highest BCUT2D eigenvalue weighted by atomic mass is 79.9. The minimum atomic E-state index is 0.469. The molecule has 1 atom stereocenters. The number of halogens is 1. The van der Waals surface area contributed by atoms with Crippen molar-refractivity contribution < 1.29 is 0 Å². The summed E-state index contributed by atoms with van der Waals surface area (Å²) in [7, 11) is 2.06. The Morgan fingerprint density at radius 2 is 1.88 bits per heavy atom. The van der Waals surface area contributed by atoms with Crippen molar-refractivity contribution in [2.75, 3.05) is 7.05 Å². The number of rotatable bonds is 6. The number of aryl methyl sites for hydroxylation is 1. The third kappa shape index (κ3) is 4.11. The molecule has 2 heteroatoms. The van der Waals surface area contributed by atoms with Gasteiger partial charge in [0.15, 0.2) is 0 Å². The van der Waals surface area contributed by atoms with Crippen LogP contribution in [0.25, 0.3) is 0 Å². The molecule has 0 heterocycles. The van der Waals surface area contributed by atoms with Gasteiger partial charge in [-0.3, -0.25) is 0 Å². The highest BCUT2D eigenvalue weighted by Crippen LogP contribution is 2.28. The van der Waals surface area contributed by atoms with Gasteiger partial charge >= 0.3 is 0 Å². The maximum Gasteiger partial charge on any atom is 0.0320 e. The Morgan fingerprint density at radius 3 is 2.35 bits per heavy atom. The number of benzene rings is 1. The summed E-state index contributed by atoms with van der Waals surface area (Å²) in [5, 5.41) is 3.44. The standard InChI is InChI=1S/C15H24BrN/c1-5-12(6-2)9-15(17-4)13-8-7-11(3)14(16)10-13/h7-8,10,12,15,17H,5-6,9H2,1-4H3. The molecule has 0 fully saturated rings. The molecule has 0 saturated heterocycles. The molecule has 0 spiro atoms. The molecule has 17 heavy (non-hydrogen) atoms. The van der Waals surface area contributed by atoms with Crippen LogP contribution in [0.3, 0.4) is 0 Å². The van der Waals surface area contributed by atoms with Crippen LogP contribution in [-0.2, 0) is 0 Å². The normalized spacial score (nSPS) is 13.1. The van der Waals surface area contributed by atoms with Crippen LogP contribution >= 0.6 is 15.9 Å². The predicted molar refractivity (Wildman–Crippen MR) is 79.4 cm³/mol. The fourth-order valence-corrected chi connectivity index (χ4v) is 2.60. The summed E-state index contributed by atoms with van der Waals surface area (Å²) in [4.78, 5) is 0. The maximum atomic E-state index is 3.62.